The van der Waals surface area contributed by atoms with Crippen LogP contribution in [0.2, 0.25) is 0 Å². The highest BCUT2D eigenvalue weighted by atomic mass is 32.2. The topological polar surface area (TPSA) is 97.4 Å². The number of sulfonamides is 1. The molecule has 3 aromatic carbocycles. The minimum Gasteiger partial charge on any atom is -0.303 e. The Hall–Kier alpha value is -3.91. The first-order chi connectivity index (χ1) is 19.9. The Kier molecular flexibility index (Phi) is 8.59. The van der Waals surface area contributed by atoms with Crippen molar-refractivity contribution in [3.8, 4) is 0 Å². The molecule has 0 aliphatic carbocycles. The summed E-state index contributed by atoms with van der Waals surface area (Å²) in [6, 6.07) is 30.5. The molecular formula is C31H35N7O2S. The van der Waals surface area contributed by atoms with Gasteiger partial charge in [0.2, 0.25) is 10.0 Å². The van der Waals surface area contributed by atoms with E-state index in [1.54, 1.807) is 4.68 Å². The Morgan fingerprint density at radius 3 is 2.00 bits per heavy atom. The summed E-state index contributed by atoms with van der Waals surface area (Å²) < 4.78 is 27.5. The van der Waals surface area contributed by atoms with E-state index in [4.69, 9.17) is 6.57 Å². The summed E-state index contributed by atoms with van der Waals surface area (Å²) in [6.45, 7) is 11.3. The number of nitrogens with zero attached hydrogens (tertiary/aromatic N) is 6. The van der Waals surface area contributed by atoms with Gasteiger partial charge in [-0.05, 0) is 41.9 Å². The highest BCUT2D eigenvalue weighted by Crippen LogP contribution is 2.42. The van der Waals surface area contributed by atoms with Crippen LogP contribution in [0.1, 0.15) is 41.8 Å². The van der Waals surface area contributed by atoms with Crippen LogP contribution in [0.5, 0.6) is 0 Å². The third-order valence-electron chi connectivity index (χ3n) is 8.17. The first-order valence-electron chi connectivity index (χ1n) is 13.9. The summed E-state index contributed by atoms with van der Waals surface area (Å²) in [4.78, 5) is 6.70. The molecule has 5 rings (SSSR count). The normalized spacial score (nSPS) is 15.8. The molecule has 0 amide bonds. The van der Waals surface area contributed by atoms with Gasteiger partial charge in [0.05, 0.1) is 18.2 Å². The van der Waals surface area contributed by atoms with Gasteiger partial charge in [-0.2, -0.15) is 0 Å². The van der Waals surface area contributed by atoms with E-state index >= 15 is 0 Å². The summed E-state index contributed by atoms with van der Waals surface area (Å²) in [5.74, 6) is 0.753. The van der Waals surface area contributed by atoms with Crippen molar-refractivity contribution in [1.82, 2.24) is 29.8 Å². The zero-order valence-electron chi connectivity index (χ0n) is 23.2. The molecule has 212 valence electrons. The molecule has 1 N–H and O–H groups in total. The standard InChI is InChI=1S/C31H35N7O2S/c1-32-31(27-14-8-4-9-15-27,28-16-10-5-11-17-28)20-24-37-22-18-30(19-23-37,26-12-6-3-7-13-26)29-34-35-36-38(29)25-21-33-41(2,39)40/h3-17,33H,18-25H2,2H3. The molecule has 9 nitrogen and oxygen atoms in total. The number of hydrogen-bond donors (Lipinski definition) is 1. The average molecular weight is 570 g/mol. The van der Waals surface area contributed by atoms with E-state index < -0.39 is 21.0 Å². The van der Waals surface area contributed by atoms with Gasteiger partial charge in [0.25, 0.3) is 5.54 Å². The molecule has 0 radical (unpaired) electrons. The van der Waals surface area contributed by atoms with Gasteiger partial charge in [-0.3, -0.25) is 4.85 Å². The molecule has 0 saturated carbocycles. The van der Waals surface area contributed by atoms with Crippen molar-refractivity contribution >= 4 is 10.0 Å². The van der Waals surface area contributed by atoms with Crippen LogP contribution in [0.25, 0.3) is 4.85 Å². The van der Waals surface area contributed by atoms with Crippen LogP contribution in [0.3, 0.4) is 0 Å². The Labute approximate surface area is 242 Å². The summed E-state index contributed by atoms with van der Waals surface area (Å²) in [6.07, 6.45) is 3.43. The minimum absolute atomic E-state index is 0.214. The number of tetrazole rings is 1. The third kappa shape index (κ3) is 6.22. The molecule has 41 heavy (non-hydrogen) atoms. The summed E-state index contributed by atoms with van der Waals surface area (Å²) in [5.41, 5.74) is 2.02. The quantitative estimate of drug-likeness (QED) is 0.276. The molecule has 1 fully saturated rings. The van der Waals surface area contributed by atoms with E-state index in [9.17, 15) is 8.42 Å². The highest BCUT2D eigenvalue weighted by molar-refractivity contribution is 7.88. The van der Waals surface area contributed by atoms with Crippen LogP contribution >= 0.6 is 0 Å². The van der Waals surface area contributed by atoms with Crippen molar-refractivity contribution in [3.05, 3.63) is 125 Å². The van der Waals surface area contributed by atoms with Crippen LogP contribution in [-0.4, -0.2) is 66.0 Å². The second kappa shape index (κ2) is 12.3. The van der Waals surface area contributed by atoms with Crippen molar-refractivity contribution in [2.75, 3.05) is 32.4 Å². The largest absolute Gasteiger partial charge is 0.303 e. The average Bonchev–Trinajstić information content (AvgIpc) is 3.48. The zero-order chi connectivity index (χ0) is 28.8. The van der Waals surface area contributed by atoms with Crippen LogP contribution in [0.4, 0.5) is 0 Å². The van der Waals surface area contributed by atoms with Crippen LogP contribution in [0, 0.1) is 6.57 Å². The van der Waals surface area contributed by atoms with Gasteiger partial charge in [0, 0.05) is 30.6 Å². The Morgan fingerprint density at radius 2 is 1.46 bits per heavy atom. The molecule has 1 aliphatic heterocycles. The first kappa shape index (κ1) is 28.6. The van der Waals surface area contributed by atoms with Crippen molar-refractivity contribution in [2.24, 2.45) is 0 Å². The number of piperidine rings is 1. The van der Waals surface area contributed by atoms with E-state index in [-0.39, 0.29) is 6.54 Å². The molecule has 2 heterocycles. The van der Waals surface area contributed by atoms with Crippen molar-refractivity contribution in [1.29, 1.82) is 0 Å². The first-order valence-corrected chi connectivity index (χ1v) is 15.7. The maximum Gasteiger partial charge on any atom is 0.283 e. The van der Waals surface area contributed by atoms with E-state index in [1.165, 1.54) is 0 Å². The van der Waals surface area contributed by atoms with Gasteiger partial charge >= 0.3 is 0 Å². The fourth-order valence-corrected chi connectivity index (χ4v) is 6.44. The lowest BCUT2D eigenvalue weighted by molar-refractivity contribution is 0.164. The lowest BCUT2D eigenvalue weighted by Gasteiger charge is -2.41. The molecule has 0 spiro atoms. The zero-order valence-corrected chi connectivity index (χ0v) is 24.0. The number of hydrogen-bond acceptors (Lipinski definition) is 6. The van der Waals surface area contributed by atoms with Gasteiger partial charge in [-0.1, -0.05) is 91.0 Å². The minimum atomic E-state index is -3.31. The molecular weight excluding hydrogens is 534 g/mol. The van der Waals surface area contributed by atoms with Crippen molar-refractivity contribution in [2.45, 2.75) is 36.8 Å². The van der Waals surface area contributed by atoms with Crippen LogP contribution in [-0.2, 0) is 27.5 Å². The molecule has 1 saturated heterocycles. The van der Waals surface area contributed by atoms with E-state index in [0.29, 0.717) is 13.0 Å². The van der Waals surface area contributed by atoms with Gasteiger partial charge < -0.3 is 4.90 Å². The molecule has 0 atom stereocenters. The predicted octanol–water partition coefficient (Wildman–Crippen LogP) is 3.86. The Morgan fingerprint density at radius 1 is 0.902 bits per heavy atom. The molecule has 10 heteroatoms. The lowest BCUT2D eigenvalue weighted by atomic mass is 9.71. The van der Waals surface area contributed by atoms with Crippen LogP contribution in [0.15, 0.2) is 91.0 Å². The number of nitrogens with one attached hydrogen (secondary N) is 1. The number of likely N-dealkylation sites (tertiary alicyclic amines) is 1. The smallest absolute Gasteiger partial charge is 0.283 e. The van der Waals surface area contributed by atoms with Crippen molar-refractivity contribution < 1.29 is 8.42 Å². The van der Waals surface area contributed by atoms with E-state index in [2.05, 4.69) is 66.4 Å². The summed E-state index contributed by atoms with van der Waals surface area (Å²) in [5, 5.41) is 12.7. The molecule has 1 aliphatic rings. The Bertz CT molecular complexity index is 1520. The maximum absolute atomic E-state index is 11.6. The second-order valence-electron chi connectivity index (χ2n) is 10.6. The highest BCUT2D eigenvalue weighted by Gasteiger charge is 2.44. The van der Waals surface area contributed by atoms with Crippen LogP contribution < -0.4 is 4.72 Å². The number of aromatic nitrogens is 4. The fourth-order valence-electron chi connectivity index (χ4n) is 5.98. The maximum atomic E-state index is 11.6. The molecule has 4 aromatic rings. The monoisotopic (exact) mass is 569 g/mol. The van der Waals surface area contributed by atoms with Gasteiger partial charge in [-0.25, -0.2) is 24.4 Å². The summed E-state index contributed by atoms with van der Waals surface area (Å²) in [7, 11) is -3.31. The fraction of sp³-hybridized carbons (Fsp3) is 0.355. The number of benzene rings is 3. The van der Waals surface area contributed by atoms with E-state index in [0.717, 1.165) is 61.2 Å². The second-order valence-corrected chi connectivity index (χ2v) is 12.5. The summed E-state index contributed by atoms with van der Waals surface area (Å²) >= 11 is 0. The SMILES string of the molecule is [C-]#[N+]C(CCN1CCC(c2ccccc2)(c2nnnn2CCNS(C)(=O)=O)CC1)(c1ccccc1)c1ccccc1. The van der Waals surface area contributed by atoms with Crippen molar-refractivity contribution in [3.63, 3.8) is 0 Å². The lowest BCUT2D eigenvalue weighted by Crippen LogP contribution is -2.46. The Balaban J connectivity index is 1.37. The number of rotatable bonds is 11. The predicted molar refractivity (Wildman–Crippen MR) is 158 cm³/mol. The van der Waals surface area contributed by atoms with Gasteiger partial charge in [0.15, 0.2) is 5.82 Å². The van der Waals surface area contributed by atoms with Gasteiger partial charge in [-0.15, -0.1) is 5.10 Å². The molecule has 1 aromatic heterocycles. The molecule has 0 unspecified atom stereocenters. The van der Waals surface area contributed by atoms with E-state index in [1.807, 2.05) is 54.6 Å². The molecule has 0 bridgehead atoms. The van der Waals surface area contributed by atoms with Gasteiger partial charge in [0.1, 0.15) is 0 Å². The third-order valence-corrected chi connectivity index (χ3v) is 8.90.